The number of hydrogen-bond acceptors (Lipinski definition) is 3. The van der Waals surface area contributed by atoms with Gasteiger partial charge in [-0.25, -0.2) is 0 Å². The highest BCUT2D eigenvalue weighted by molar-refractivity contribution is 6.36. The van der Waals surface area contributed by atoms with Gasteiger partial charge in [0.2, 0.25) is 5.91 Å². The van der Waals surface area contributed by atoms with Crippen molar-refractivity contribution in [3.8, 4) is 5.75 Å². The zero-order valence-electron chi connectivity index (χ0n) is 18.8. The Balaban J connectivity index is 2.29. The van der Waals surface area contributed by atoms with Crippen molar-refractivity contribution in [2.75, 3.05) is 13.2 Å². The Morgan fingerprint density at radius 1 is 1.06 bits per heavy atom. The van der Waals surface area contributed by atoms with Gasteiger partial charge in [0.25, 0.3) is 5.91 Å². The number of amides is 2. The molecule has 0 radical (unpaired) electrons. The molecule has 0 aliphatic heterocycles. The number of carbonyl (C=O) groups excluding carboxylic acids is 2. The van der Waals surface area contributed by atoms with Gasteiger partial charge < -0.3 is 15.0 Å². The first kappa shape index (κ1) is 26.3. The lowest BCUT2D eigenvalue weighted by Crippen LogP contribution is -2.50. The maximum absolute atomic E-state index is 13.3. The van der Waals surface area contributed by atoms with E-state index in [0.29, 0.717) is 39.3 Å². The Kier molecular flexibility index (Phi) is 10.1. The Morgan fingerprint density at radius 2 is 1.66 bits per heavy atom. The highest BCUT2D eigenvalue weighted by Crippen LogP contribution is 2.28. The third kappa shape index (κ3) is 6.77. The minimum absolute atomic E-state index is 0.0947. The summed E-state index contributed by atoms with van der Waals surface area (Å²) in [5.74, 6) is -0.0224. The fourth-order valence-electron chi connectivity index (χ4n) is 3.36. The monoisotopic (exact) mass is 498 g/mol. The summed E-state index contributed by atoms with van der Waals surface area (Å²) in [5, 5.41) is 4.41. The molecule has 5 nitrogen and oxygen atoms in total. The number of carbonyl (C=O) groups is 2. The molecule has 0 bridgehead atoms. The van der Waals surface area contributed by atoms with Gasteiger partial charge in [-0.2, -0.15) is 0 Å². The highest BCUT2D eigenvalue weighted by atomic mass is 35.5. The zero-order valence-corrected chi connectivity index (χ0v) is 21.1. The van der Waals surface area contributed by atoms with E-state index in [4.69, 9.17) is 39.5 Å². The van der Waals surface area contributed by atoms with Crippen LogP contribution in [0.15, 0.2) is 30.3 Å². The molecule has 0 fully saturated rings. The summed E-state index contributed by atoms with van der Waals surface area (Å²) in [6, 6.07) is 8.03. The molecule has 2 rings (SSSR count). The lowest BCUT2D eigenvalue weighted by Gasteiger charge is -2.31. The van der Waals surface area contributed by atoms with Crippen molar-refractivity contribution in [2.45, 2.75) is 53.1 Å². The van der Waals surface area contributed by atoms with E-state index in [9.17, 15) is 9.59 Å². The van der Waals surface area contributed by atoms with Crippen LogP contribution in [-0.2, 0) is 16.1 Å². The second-order valence-electron chi connectivity index (χ2n) is 7.60. The average molecular weight is 500 g/mol. The standard InChI is InChI=1S/C24H29Cl3N2O3/c1-5-10-28-24(31)21(6-2)29(13-18-19(25)8-7-9-20(18)26)22(30)14-32-17-11-15(3)23(27)16(4)12-17/h7-9,11-12,21H,5-6,10,13-14H2,1-4H3,(H,28,31)/t21-/m1/s1. The third-order valence-corrected chi connectivity index (χ3v) is 6.40. The van der Waals surface area contributed by atoms with Crippen LogP contribution in [0, 0.1) is 13.8 Å². The molecular weight excluding hydrogens is 471 g/mol. The normalized spacial score (nSPS) is 11.7. The molecule has 174 valence electrons. The SMILES string of the molecule is CCCNC(=O)[C@@H](CC)N(Cc1c(Cl)cccc1Cl)C(=O)COc1cc(C)c(Cl)c(C)c1. The largest absolute Gasteiger partial charge is 0.484 e. The van der Waals surface area contributed by atoms with E-state index in [1.54, 1.807) is 30.3 Å². The predicted molar refractivity (Wildman–Crippen MR) is 131 cm³/mol. The van der Waals surface area contributed by atoms with Gasteiger partial charge >= 0.3 is 0 Å². The summed E-state index contributed by atoms with van der Waals surface area (Å²) >= 11 is 18.9. The molecule has 8 heteroatoms. The predicted octanol–water partition coefficient (Wildman–Crippen LogP) is 5.98. The van der Waals surface area contributed by atoms with E-state index in [1.165, 1.54) is 4.90 Å². The fourth-order valence-corrected chi connectivity index (χ4v) is 3.98. The molecule has 2 aromatic carbocycles. The number of nitrogens with one attached hydrogen (secondary N) is 1. The minimum atomic E-state index is -0.682. The molecule has 0 saturated heterocycles. The number of halogens is 3. The van der Waals surface area contributed by atoms with Gasteiger partial charge in [0.15, 0.2) is 6.61 Å². The van der Waals surface area contributed by atoms with Crippen molar-refractivity contribution in [3.05, 3.63) is 62.1 Å². The molecule has 1 atom stereocenters. The van der Waals surface area contributed by atoms with E-state index in [-0.39, 0.29) is 25.0 Å². The summed E-state index contributed by atoms with van der Waals surface area (Å²) < 4.78 is 5.77. The first-order valence-electron chi connectivity index (χ1n) is 10.6. The van der Waals surface area contributed by atoms with Crippen LogP contribution in [0.3, 0.4) is 0 Å². The molecule has 0 unspecified atom stereocenters. The number of benzene rings is 2. The van der Waals surface area contributed by atoms with Crippen LogP contribution < -0.4 is 10.1 Å². The van der Waals surface area contributed by atoms with Crippen molar-refractivity contribution in [3.63, 3.8) is 0 Å². The van der Waals surface area contributed by atoms with Crippen molar-refractivity contribution >= 4 is 46.6 Å². The van der Waals surface area contributed by atoms with E-state index in [2.05, 4.69) is 5.32 Å². The summed E-state index contributed by atoms with van der Waals surface area (Å²) in [6.45, 7) is 7.97. The number of nitrogens with zero attached hydrogens (tertiary/aromatic N) is 1. The lowest BCUT2D eigenvalue weighted by atomic mass is 10.1. The van der Waals surface area contributed by atoms with Crippen LogP contribution in [0.25, 0.3) is 0 Å². The molecule has 0 aliphatic carbocycles. The molecule has 0 saturated carbocycles. The highest BCUT2D eigenvalue weighted by Gasteiger charge is 2.30. The quantitative estimate of drug-likeness (QED) is 0.438. The molecular formula is C24H29Cl3N2O3. The number of hydrogen-bond donors (Lipinski definition) is 1. The molecule has 0 aromatic heterocycles. The maximum Gasteiger partial charge on any atom is 0.261 e. The number of rotatable bonds is 10. The molecule has 1 N–H and O–H groups in total. The van der Waals surface area contributed by atoms with Crippen molar-refractivity contribution < 1.29 is 14.3 Å². The zero-order chi connectivity index (χ0) is 23.8. The minimum Gasteiger partial charge on any atom is -0.484 e. The van der Waals surface area contributed by atoms with Gasteiger partial charge in [-0.3, -0.25) is 9.59 Å². The molecule has 0 spiro atoms. The third-order valence-electron chi connectivity index (χ3n) is 5.10. The molecule has 2 amide bonds. The molecule has 0 heterocycles. The van der Waals surface area contributed by atoms with Crippen molar-refractivity contribution in [1.29, 1.82) is 0 Å². The van der Waals surface area contributed by atoms with Crippen molar-refractivity contribution in [2.24, 2.45) is 0 Å². The Bertz CT molecular complexity index is 922. The summed E-state index contributed by atoms with van der Waals surface area (Å²) in [7, 11) is 0. The Morgan fingerprint density at radius 3 is 2.19 bits per heavy atom. The first-order valence-corrected chi connectivity index (χ1v) is 11.7. The molecule has 32 heavy (non-hydrogen) atoms. The van der Waals surface area contributed by atoms with Gasteiger partial charge in [0.05, 0.1) is 0 Å². The van der Waals surface area contributed by atoms with Gasteiger partial charge in [0, 0.05) is 33.7 Å². The van der Waals surface area contributed by atoms with Gasteiger partial charge in [0.1, 0.15) is 11.8 Å². The average Bonchev–Trinajstić information content (AvgIpc) is 2.75. The summed E-state index contributed by atoms with van der Waals surface area (Å²) in [5.41, 5.74) is 2.31. The molecule has 2 aromatic rings. The van der Waals surface area contributed by atoms with E-state index in [1.807, 2.05) is 27.7 Å². The lowest BCUT2D eigenvalue weighted by molar-refractivity contribution is -0.143. The smallest absolute Gasteiger partial charge is 0.261 e. The second-order valence-corrected chi connectivity index (χ2v) is 8.79. The maximum atomic E-state index is 13.3. The van der Waals surface area contributed by atoms with E-state index >= 15 is 0 Å². The number of aryl methyl sites for hydroxylation is 2. The van der Waals surface area contributed by atoms with Gasteiger partial charge in [-0.1, -0.05) is 54.7 Å². The summed E-state index contributed by atoms with van der Waals surface area (Å²) in [4.78, 5) is 27.6. The second kappa shape index (κ2) is 12.3. The van der Waals surface area contributed by atoms with Crippen LogP contribution in [0.5, 0.6) is 5.75 Å². The van der Waals surface area contributed by atoms with Crippen LogP contribution in [0.2, 0.25) is 15.1 Å². The van der Waals surface area contributed by atoms with Crippen LogP contribution >= 0.6 is 34.8 Å². The van der Waals surface area contributed by atoms with E-state index < -0.39 is 6.04 Å². The van der Waals surface area contributed by atoms with Gasteiger partial charge in [-0.05, 0) is 62.1 Å². The van der Waals surface area contributed by atoms with Gasteiger partial charge in [-0.15, -0.1) is 0 Å². The fraction of sp³-hybridized carbons (Fsp3) is 0.417. The Hall–Kier alpha value is -1.95. The Labute approximate surface area is 205 Å². The molecule has 0 aliphatic rings. The number of ether oxygens (including phenoxy) is 1. The van der Waals surface area contributed by atoms with Crippen molar-refractivity contribution in [1.82, 2.24) is 10.2 Å². The van der Waals surface area contributed by atoms with Crippen LogP contribution in [-0.4, -0.2) is 35.9 Å². The summed E-state index contributed by atoms with van der Waals surface area (Å²) in [6.07, 6.45) is 1.23. The van der Waals surface area contributed by atoms with Crippen LogP contribution in [0.1, 0.15) is 43.4 Å². The van der Waals surface area contributed by atoms with Crippen LogP contribution in [0.4, 0.5) is 0 Å². The topological polar surface area (TPSA) is 58.6 Å². The van der Waals surface area contributed by atoms with E-state index in [0.717, 1.165) is 17.5 Å². The first-order chi connectivity index (χ1) is 15.2.